The Morgan fingerprint density at radius 3 is 2.42 bits per heavy atom. The van der Waals surface area contributed by atoms with Gasteiger partial charge in [0, 0.05) is 12.2 Å². The Bertz CT molecular complexity index is 537. The maximum atomic E-state index is 5.24. The van der Waals surface area contributed by atoms with Crippen molar-refractivity contribution in [3.8, 4) is 0 Å². The lowest BCUT2D eigenvalue weighted by Gasteiger charge is -2.13. The van der Waals surface area contributed by atoms with Gasteiger partial charge >= 0.3 is 0 Å². The number of para-hydroxylation sites is 1. The van der Waals surface area contributed by atoms with Crippen LogP contribution in [-0.2, 0) is 6.42 Å². The standard InChI is InChI=1S/C16H18N2S/c1-2-17-16(19)18-15-11-7-6-10-14(15)12-13-8-4-3-5-9-13/h3-11H,2,12H2,1H3,(H2,17,18,19). The quantitative estimate of drug-likeness (QED) is 0.830. The molecular formula is C16H18N2S. The van der Waals surface area contributed by atoms with E-state index >= 15 is 0 Å². The van der Waals surface area contributed by atoms with Crippen LogP contribution in [0, 0.1) is 0 Å². The van der Waals surface area contributed by atoms with Crippen LogP contribution in [0.4, 0.5) is 5.69 Å². The molecule has 2 aromatic carbocycles. The second kappa shape index (κ2) is 6.90. The number of hydrogen-bond donors (Lipinski definition) is 2. The summed E-state index contributed by atoms with van der Waals surface area (Å²) >= 11 is 5.24. The van der Waals surface area contributed by atoms with E-state index in [1.165, 1.54) is 11.1 Å². The zero-order valence-corrected chi connectivity index (χ0v) is 11.8. The second-order valence-electron chi connectivity index (χ2n) is 4.30. The molecule has 0 heterocycles. The number of benzene rings is 2. The summed E-state index contributed by atoms with van der Waals surface area (Å²) in [6, 6.07) is 18.7. The van der Waals surface area contributed by atoms with Gasteiger partial charge in [0.2, 0.25) is 0 Å². The van der Waals surface area contributed by atoms with Gasteiger partial charge in [-0.05, 0) is 42.8 Å². The van der Waals surface area contributed by atoms with Crippen molar-refractivity contribution in [2.24, 2.45) is 0 Å². The number of rotatable bonds is 4. The third-order valence-corrected chi connectivity index (χ3v) is 3.09. The summed E-state index contributed by atoms with van der Waals surface area (Å²) in [7, 11) is 0. The maximum absolute atomic E-state index is 5.24. The van der Waals surface area contributed by atoms with Gasteiger partial charge in [-0.3, -0.25) is 0 Å². The lowest BCUT2D eigenvalue weighted by atomic mass is 10.0. The van der Waals surface area contributed by atoms with E-state index in [0.29, 0.717) is 5.11 Å². The summed E-state index contributed by atoms with van der Waals surface area (Å²) in [4.78, 5) is 0. The van der Waals surface area contributed by atoms with Crippen molar-refractivity contribution in [1.29, 1.82) is 0 Å². The van der Waals surface area contributed by atoms with Gasteiger partial charge in [0.15, 0.2) is 5.11 Å². The van der Waals surface area contributed by atoms with Crippen molar-refractivity contribution in [1.82, 2.24) is 5.32 Å². The number of nitrogens with one attached hydrogen (secondary N) is 2. The van der Waals surface area contributed by atoms with Crippen LogP contribution in [0.3, 0.4) is 0 Å². The Morgan fingerprint density at radius 2 is 1.68 bits per heavy atom. The van der Waals surface area contributed by atoms with Gasteiger partial charge in [0.1, 0.15) is 0 Å². The highest BCUT2D eigenvalue weighted by Crippen LogP contribution is 2.18. The Kier molecular flexibility index (Phi) is 4.93. The van der Waals surface area contributed by atoms with Gasteiger partial charge in [-0.15, -0.1) is 0 Å². The summed E-state index contributed by atoms with van der Waals surface area (Å²) < 4.78 is 0. The van der Waals surface area contributed by atoms with Crippen molar-refractivity contribution in [2.45, 2.75) is 13.3 Å². The molecule has 3 heteroatoms. The molecule has 0 radical (unpaired) electrons. The molecule has 0 aromatic heterocycles. The number of anilines is 1. The van der Waals surface area contributed by atoms with Crippen molar-refractivity contribution < 1.29 is 0 Å². The topological polar surface area (TPSA) is 24.1 Å². The number of hydrogen-bond acceptors (Lipinski definition) is 1. The SMILES string of the molecule is CCNC(=S)Nc1ccccc1Cc1ccccc1. The molecule has 2 N–H and O–H groups in total. The molecule has 0 atom stereocenters. The predicted octanol–water partition coefficient (Wildman–Crippen LogP) is 3.58. The molecule has 98 valence electrons. The van der Waals surface area contributed by atoms with E-state index in [1.807, 2.05) is 19.1 Å². The van der Waals surface area contributed by atoms with Crippen LogP contribution in [0.5, 0.6) is 0 Å². The normalized spacial score (nSPS) is 9.95. The van der Waals surface area contributed by atoms with Gasteiger partial charge in [0.05, 0.1) is 0 Å². The summed E-state index contributed by atoms with van der Waals surface area (Å²) in [6.07, 6.45) is 0.902. The minimum Gasteiger partial charge on any atom is -0.363 e. The Balaban J connectivity index is 2.14. The van der Waals surface area contributed by atoms with E-state index in [2.05, 4.69) is 53.1 Å². The molecule has 0 unspecified atom stereocenters. The lowest BCUT2D eigenvalue weighted by molar-refractivity contribution is 0.979. The van der Waals surface area contributed by atoms with E-state index in [-0.39, 0.29) is 0 Å². The van der Waals surface area contributed by atoms with Gasteiger partial charge < -0.3 is 10.6 Å². The highest BCUT2D eigenvalue weighted by molar-refractivity contribution is 7.80. The Hall–Kier alpha value is -1.87. The zero-order valence-electron chi connectivity index (χ0n) is 11.0. The molecule has 2 rings (SSSR count). The van der Waals surface area contributed by atoms with E-state index < -0.39 is 0 Å². The Morgan fingerprint density at radius 1 is 1.00 bits per heavy atom. The largest absolute Gasteiger partial charge is 0.363 e. The number of thiocarbonyl (C=S) groups is 1. The van der Waals surface area contributed by atoms with Crippen LogP contribution in [0.1, 0.15) is 18.1 Å². The van der Waals surface area contributed by atoms with Gasteiger partial charge in [-0.2, -0.15) is 0 Å². The molecular weight excluding hydrogens is 252 g/mol. The molecule has 0 saturated heterocycles. The van der Waals surface area contributed by atoms with Crippen LogP contribution in [-0.4, -0.2) is 11.7 Å². The van der Waals surface area contributed by atoms with Crippen molar-refractivity contribution >= 4 is 23.0 Å². The average molecular weight is 270 g/mol. The van der Waals surface area contributed by atoms with Crippen molar-refractivity contribution in [3.05, 3.63) is 65.7 Å². The molecule has 19 heavy (non-hydrogen) atoms. The van der Waals surface area contributed by atoms with E-state index in [0.717, 1.165) is 18.7 Å². The average Bonchev–Trinajstić information content (AvgIpc) is 2.42. The summed E-state index contributed by atoms with van der Waals surface area (Å²) in [5.74, 6) is 0. The highest BCUT2D eigenvalue weighted by atomic mass is 32.1. The smallest absolute Gasteiger partial charge is 0.170 e. The fourth-order valence-corrected chi connectivity index (χ4v) is 2.19. The molecule has 0 bridgehead atoms. The van der Waals surface area contributed by atoms with E-state index in [9.17, 15) is 0 Å². The molecule has 0 fully saturated rings. The minimum absolute atomic E-state index is 0.669. The fraction of sp³-hybridized carbons (Fsp3) is 0.188. The molecule has 2 nitrogen and oxygen atoms in total. The summed E-state index contributed by atoms with van der Waals surface area (Å²) in [6.45, 7) is 2.86. The maximum Gasteiger partial charge on any atom is 0.170 e. The minimum atomic E-state index is 0.669. The summed E-state index contributed by atoms with van der Waals surface area (Å²) in [5.41, 5.74) is 3.61. The Labute approximate surface area is 119 Å². The molecule has 0 saturated carbocycles. The lowest BCUT2D eigenvalue weighted by Crippen LogP contribution is -2.28. The third-order valence-electron chi connectivity index (χ3n) is 2.84. The first-order valence-electron chi connectivity index (χ1n) is 6.46. The third kappa shape index (κ3) is 4.07. The van der Waals surface area contributed by atoms with Crippen LogP contribution >= 0.6 is 12.2 Å². The fourth-order valence-electron chi connectivity index (χ4n) is 1.94. The van der Waals surface area contributed by atoms with E-state index in [4.69, 9.17) is 12.2 Å². The first-order chi connectivity index (χ1) is 9.29. The second-order valence-corrected chi connectivity index (χ2v) is 4.71. The van der Waals surface area contributed by atoms with Crippen LogP contribution in [0.15, 0.2) is 54.6 Å². The first kappa shape index (κ1) is 13.6. The van der Waals surface area contributed by atoms with E-state index in [1.54, 1.807) is 0 Å². The molecule has 0 aliphatic heterocycles. The predicted molar refractivity (Wildman–Crippen MR) is 85.6 cm³/mol. The van der Waals surface area contributed by atoms with Crippen molar-refractivity contribution in [2.75, 3.05) is 11.9 Å². The molecule has 2 aromatic rings. The molecule has 0 amide bonds. The first-order valence-corrected chi connectivity index (χ1v) is 6.87. The van der Waals surface area contributed by atoms with Gasteiger partial charge in [-0.25, -0.2) is 0 Å². The van der Waals surface area contributed by atoms with Crippen LogP contribution in [0.2, 0.25) is 0 Å². The summed E-state index contributed by atoms with van der Waals surface area (Å²) in [5, 5.41) is 7.03. The zero-order chi connectivity index (χ0) is 13.5. The van der Waals surface area contributed by atoms with Gasteiger partial charge in [0.25, 0.3) is 0 Å². The van der Waals surface area contributed by atoms with Crippen LogP contribution < -0.4 is 10.6 Å². The van der Waals surface area contributed by atoms with Gasteiger partial charge in [-0.1, -0.05) is 48.5 Å². The molecule has 0 aliphatic carbocycles. The molecule has 0 spiro atoms. The monoisotopic (exact) mass is 270 g/mol. The highest BCUT2D eigenvalue weighted by Gasteiger charge is 2.04. The van der Waals surface area contributed by atoms with Crippen LogP contribution in [0.25, 0.3) is 0 Å². The van der Waals surface area contributed by atoms with Crippen molar-refractivity contribution in [3.63, 3.8) is 0 Å². The molecule has 0 aliphatic rings.